The summed E-state index contributed by atoms with van der Waals surface area (Å²) in [6, 6.07) is 0. The standard InChI is InChI=1S/C10H19N5OS/c1-4-15(5-2)9-12-8(11-3)13-10(14-9)17-7-6-16/h16H,4-7H2,1-3H3,(H,11,12,13,14). The molecule has 0 bridgehead atoms. The molecule has 0 aliphatic carbocycles. The topological polar surface area (TPSA) is 74.2 Å². The molecule has 0 saturated heterocycles. The maximum atomic E-state index is 8.81. The van der Waals surface area contributed by atoms with Gasteiger partial charge in [-0.1, -0.05) is 11.8 Å². The van der Waals surface area contributed by atoms with E-state index in [9.17, 15) is 0 Å². The number of nitrogens with one attached hydrogen (secondary N) is 1. The fourth-order valence-corrected chi connectivity index (χ4v) is 1.88. The average molecular weight is 257 g/mol. The summed E-state index contributed by atoms with van der Waals surface area (Å²) in [6.07, 6.45) is 0. The van der Waals surface area contributed by atoms with Crippen molar-refractivity contribution >= 4 is 23.7 Å². The molecule has 6 nitrogen and oxygen atoms in total. The Morgan fingerprint density at radius 2 is 1.94 bits per heavy atom. The van der Waals surface area contributed by atoms with Crippen molar-refractivity contribution in [2.24, 2.45) is 0 Å². The van der Waals surface area contributed by atoms with E-state index in [4.69, 9.17) is 5.11 Å². The molecule has 0 unspecified atom stereocenters. The summed E-state index contributed by atoms with van der Waals surface area (Å²) in [4.78, 5) is 15.0. The summed E-state index contributed by atoms with van der Waals surface area (Å²) in [5.41, 5.74) is 0. The molecular formula is C10H19N5OS. The minimum Gasteiger partial charge on any atom is -0.396 e. The summed E-state index contributed by atoms with van der Waals surface area (Å²) in [6.45, 7) is 5.95. The van der Waals surface area contributed by atoms with Crippen molar-refractivity contribution in [3.63, 3.8) is 0 Å². The van der Waals surface area contributed by atoms with Crippen molar-refractivity contribution in [3.8, 4) is 0 Å². The molecule has 0 amide bonds. The van der Waals surface area contributed by atoms with Gasteiger partial charge in [-0.25, -0.2) is 0 Å². The first kappa shape index (κ1) is 14.0. The van der Waals surface area contributed by atoms with Crippen LogP contribution in [0.15, 0.2) is 5.16 Å². The van der Waals surface area contributed by atoms with Crippen LogP contribution in [0, 0.1) is 0 Å². The lowest BCUT2D eigenvalue weighted by molar-refractivity contribution is 0.322. The number of anilines is 2. The van der Waals surface area contributed by atoms with Gasteiger partial charge in [-0.15, -0.1) is 0 Å². The van der Waals surface area contributed by atoms with Gasteiger partial charge in [-0.05, 0) is 13.8 Å². The molecule has 1 rings (SSSR count). The van der Waals surface area contributed by atoms with Gasteiger partial charge in [0.25, 0.3) is 0 Å². The Morgan fingerprint density at radius 3 is 2.47 bits per heavy atom. The van der Waals surface area contributed by atoms with E-state index in [1.165, 1.54) is 11.8 Å². The molecule has 0 aliphatic rings. The average Bonchev–Trinajstić information content (AvgIpc) is 2.37. The second-order valence-electron chi connectivity index (χ2n) is 3.24. The Balaban J connectivity index is 2.95. The van der Waals surface area contributed by atoms with Gasteiger partial charge in [0.1, 0.15) is 0 Å². The summed E-state index contributed by atoms with van der Waals surface area (Å²) < 4.78 is 0. The minimum atomic E-state index is 0.117. The van der Waals surface area contributed by atoms with Crippen molar-refractivity contribution in [1.82, 2.24) is 15.0 Å². The van der Waals surface area contributed by atoms with E-state index < -0.39 is 0 Å². The van der Waals surface area contributed by atoms with Gasteiger partial charge >= 0.3 is 0 Å². The van der Waals surface area contributed by atoms with E-state index in [1.54, 1.807) is 7.05 Å². The monoisotopic (exact) mass is 257 g/mol. The normalized spacial score (nSPS) is 10.4. The molecule has 1 aromatic heterocycles. The van der Waals surface area contributed by atoms with E-state index >= 15 is 0 Å². The molecule has 0 spiro atoms. The van der Waals surface area contributed by atoms with Crippen LogP contribution in [-0.4, -0.2) is 52.6 Å². The third-order valence-electron chi connectivity index (χ3n) is 2.20. The third kappa shape index (κ3) is 4.01. The highest BCUT2D eigenvalue weighted by Crippen LogP contribution is 2.17. The zero-order valence-electron chi connectivity index (χ0n) is 10.5. The SMILES string of the molecule is CCN(CC)c1nc(NC)nc(SCCO)n1. The molecule has 0 aliphatic heterocycles. The van der Waals surface area contributed by atoms with Crippen molar-refractivity contribution in [3.05, 3.63) is 0 Å². The van der Waals surface area contributed by atoms with Crippen molar-refractivity contribution in [2.45, 2.75) is 19.0 Å². The highest BCUT2D eigenvalue weighted by Gasteiger charge is 2.10. The van der Waals surface area contributed by atoms with Gasteiger partial charge in [0, 0.05) is 25.9 Å². The summed E-state index contributed by atoms with van der Waals surface area (Å²) in [7, 11) is 1.78. The van der Waals surface area contributed by atoms with Gasteiger partial charge in [-0.2, -0.15) is 15.0 Å². The summed E-state index contributed by atoms with van der Waals surface area (Å²) >= 11 is 1.42. The Labute approximate surface area is 106 Å². The number of thioether (sulfide) groups is 1. The number of rotatable bonds is 7. The maximum absolute atomic E-state index is 8.81. The highest BCUT2D eigenvalue weighted by atomic mass is 32.2. The minimum absolute atomic E-state index is 0.117. The van der Waals surface area contributed by atoms with Crippen LogP contribution in [0.5, 0.6) is 0 Å². The maximum Gasteiger partial charge on any atom is 0.231 e. The Bertz CT molecular complexity index is 345. The largest absolute Gasteiger partial charge is 0.396 e. The first-order chi connectivity index (χ1) is 8.24. The van der Waals surface area contributed by atoms with E-state index in [-0.39, 0.29) is 6.61 Å². The van der Waals surface area contributed by atoms with Crippen molar-refractivity contribution in [2.75, 3.05) is 42.7 Å². The van der Waals surface area contributed by atoms with Crippen LogP contribution >= 0.6 is 11.8 Å². The molecule has 17 heavy (non-hydrogen) atoms. The van der Waals surface area contributed by atoms with Gasteiger partial charge in [-0.3, -0.25) is 0 Å². The molecule has 0 saturated carbocycles. The molecule has 0 radical (unpaired) electrons. The zero-order chi connectivity index (χ0) is 12.7. The molecule has 7 heteroatoms. The lowest BCUT2D eigenvalue weighted by atomic mass is 10.5. The van der Waals surface area contributed by atoms with E-state index in [1.807, 2.05) is 0 Å². The summed E-state index contributed by atoms with van der Waals surface area (Å²) in [5, 5.41) is 12.4. The molecule has 0 aromatic carbocycles. The molecule has 1 heterocycles. The predicted octanol–water partition coefficient (Wildman–Crippen LogP) is 0.844. The first-order valence-corrected chi connectivity index (χ1v) is 6.66. The van der Waals surface area contributed by atoms with Crippen LogP contribution in [-0.2, 0) is 0 Å². The van der Waals surface area contributed by atoms with E-state index in [0.717, 1.165) is 13.1 Å². The molecule has 96 valence electrons. The van der Waals surface area contributed by atoms with Crippen LogP contribution < -0.4 is 10.2 Å². The van der Waals surface area contributed by atoms with Crippen LogP contribution in [0.4, 0.5) is 11.9 Å². The fourth-order valence-electron chi connectivity index (χ4n) is 1.31. The molecular weight excluding hydrogens is 238 g/mol. The summed E-state index contributed by atoms with van der Waals surface area (Å²) in [5.74, 6) is 1.82. The Kier molecular flexibility index (Phi) is 5.99. The van der Waals surface area contributed by atoms with Crippen LogP contribution in [0.1, 0.15) is 13.8 Å². The van der Waals surface area contributed by atoms with Gasteiger partial charge < -0.3 is 15.3 Å². The van der Waals surface area contributed by atoms with Gasteiger partial charge in [0.15, 0.2) is 5.16 Å². The quantitative estimate of drug-likeness (QED) is 0.701. The number of nitrogens with zero attached hydrogens (tertiary/aromatic N) is 4. The number of hydrogen-bond donors (Lipinski definition) is 2. The predicted molar refractivity (Wildman–Crippen MR) is 70.7 cm³/mol. The smallest absolute Gasteiger partial charge is 0.231 e. The number of aromatic nitrogens is 3. The van der Waals surface area contributed by atoms with Crippen molar-refractivity contribution < 1.29 is 5.11 Å². The van der Waals surface area contributed by atoms with Crippen molar-refractivity contribution in [1.29, 1.82) is 0 Å². The lowest BCUT2D eigenvalue weighted by Gasteiger charge is -2.19. The van der Waals surface area contributed by atoms with Gasteiger partial charge in [0.2, 0.25) is 11.9 Å². The van der Waals surface area contributed by atoms with E-state index in [2.05, 4.69) is 39.0 Å². The Morgan fingerprint density at radius 1 is 1.24 bits per heavy atom. The second kappa shape index (κ2) is 7.29. The highest BCUT2D eigenvalue weighted by molar-refractivity contribution is 7.99. The molecule has 0 fully saturated rings. The van der Waals surface area contributed by atoms with Crippen LogP contribution in [0.2, 0.25) is 0 Å². The number of aliphatic hydroxyl groups excluding tert-OH is 1. The molecule has 0 atom stereocenters. The van der Waals surface area contributed by atoms with Crippen LogP contribution in [0.3, 0.4) is 0 Å². The second-order valence-corrected chi connectivity index (χ2v) is 4.30. The van der Waals surface area contributed by atoms with Crippen LogP contribution in [0.25, 0.3) is 0 Å². The first-order valence-electron chi connectivity index (χ1n) is 5.67. The lowest BCUT2D eigenvalue weighted by Crippen LogP contribution is -2.25. The van der Waals surface area contributed by atoms with E-state index in [0.29, 0.717) is 22.8 Å². The fraction of sp³-hybridized carbons (Fsp3) is 0.700. The number of aliphatic hydroxyl groups is 1. The zero-order valence-corrected chi connectivity index (χ0v) is 11.3. The molecule has 2 N–H and O–H groups in total. The Hall–Kier alpha value is -1.08. The molecule has 1 aromatic rings. The van der Waals surface area contributed by atoms with Gasteiger partial charge in [0.05, 0.1) is 6.61 Å². The third-order valence-corrected chi connectivity index (χ3v) is 3.02. The number of hydrogen-bond acceptors (Lipinski definition) is 7.